The molecule has 6 heteroatoms. The predicted molar refractivity (Wildman–Crippen MR) is 461 cm³/mol. The van der Waals surface area contributed by atoms with Gasteiger partial charge in [0.15, 0.2) is 0 Å². The molecular weight excluding hydrogens is 1360 g/mol. The molecule has 0 fully saturated rings. The van der Waals surface area contributed by atoms with E-state index in [1.165, 1.54) is 67.7 Å². The molecule has 14 aromatic carbocycles. The van der Waals surface area contributed by atoms with Gasteiger partial charge < -0.3 is 0 Å². The van der Waals surface area contributed by atoms with Crippen LogP contribution in [0.5, 0.6) is 0 Å². The molecule has 0 spiro atoms. The van der Waals surface area contributed by atoms with Crippen LogP contribution in [0.2, 0.25) is 0 Å². The van der Waals surface area contributed by atoms with Gasteiger partial charge in [0, 0.05) is 0 Å². The van der Waals surface area contributed by atoms with Crippen molar-refractivity contribution in [2.45, 2.75) is 105 Å². The zero-order chi connectivity index (χ0) is 77.3. The van der Waals surface area contributed by atoms with Crippen molar-refractivity contribution in [3.05, 3.63) is 338 Å². The average Bonchev–Trinajstić information content (AvgIpc) is 1.68. The summed E-state index contributed by atoms with van der Waals surface area (Å²) in [5.41, 5.74) is 26.6. The molecule has 0 amide bonds. The molecule has 0 atom stereocenters. The van der Waals surface area contributed by atoms with Crippen LogP contribution < -0.4 is 40.0 Å². The van der Waals surface area contributed by atoms with Crippen LogP contribution in [-0.2, 0) is 21.7 Å². The summed E-state index contributed by atoms with van der Waals surface area (Å²) < 4.78 is 50.9. The summed E-state index contributed by atoms with van der Waals surface area (Å²) in [5, 5.41) is 2.43. The molecule has 518 valence electrons. The zero-order valence-electron chi connectivity index (χ0n) is 67.4. The van der Waals surface area contributed by atoms with Crippen molar-refractivity contribution in [2.75, 3.05) is 14.7 Å². The second kappa shape index (κ2) is 26.7. The predicted octanol–water partition coefficient (Wildman–Crippen LogP) is 24.8. The van der Waals surface area contributed by atoms with Gasteiger partial charge in [0.1, 0.15) is 0 Å². The van der Waals surface area contributed by atoms with E-state index < -0.39 is 6.04 Å². The van der Waals surface area contributed by atoms with Gasteiger partial charge in [-0.15, -0.1) is 0 Å². The summed E-state index contributed by atoms with van der Waals surface area (Å²) >= 11 is 1.56. The molecule has 0 bridgehead atoms. The Bertz CT molecular complexity index is 5990. The van der Waals surface area contributed by atoms with Crippen LogP contribution in [-0.4, -0.2) is 21.7 Å². The Morgan fingerprint density at radius 1 is 0.340 bits per heavy atom. The molecule has 0 aliphatic carbocycles. The Hall–Kier alpha value is -10.7. The van der Waals surface area contributed by atoms with Crippen LogP contribution >= 0.6 is 11.3 Å². The summed E-state index contributed by atoms with van der Waals surface area (Å²) in [4.78, 5) is 7.54. The summed E-state index contributed by atoms with van der Waals surface area (Å²) in [6.45, 7) is 27.1. The van der Waals surface area contributed by atoms with E-state index in [4.69, 9.17) is 4.11 Å². The van der Waals surface area contributed by atoms with Gasteiger partial charge in [-0.3, -0.25) is 0 Å². The van der Waals surface area contributed by atoms with Crippen LogP contribution in [0.25, 0.3) is 75.8 Å². The Balaban J connectivity index is 1.01. The Morgan fingerprint density at radius 2 is 0.783 bits per heavy atom. The fourth-order valence-corrected chi connectivity index (χ4v) is 19.7. The minimum atomic E-state index is -0.426. The number of benzene rings is 14. The van der Waals surface area contributed by atoms with Crippen LogP contribution in [0.4, 0.5) is 51.2 Å². The summed E-state index contributed by atoms with van der Waals surface area (Å²) in [7, 11) is 0. The van der Waals surface area contributed by atoms with Gasteiger partial charge in [-0.1, -0.05) is 41.5 Å². The second-order valence-electron chi connectivity index (χ2n) is 32.6. The van der Waals surface area contributed by atoms with Gasteiger partial charge in [0.05, 0.1) is 0 Å². The first-order chi connectivity index (χ1) is 53.1. The number of anilines is 9. The number of nitrogens with zero attached hydrogens (tertiary/aromatic N) is 3. The molecule has 0 saturated heterocycles. The number of hydrogen-bond acceptors (Lipinski definition) is 4. The molecule has 17 rings (SSSR count). The molecule has 2 aliphatic heterocycles. The molecule has 2 aliphatic rings. The molecule has 0 saturated carbocycles. The first kappa shape index (κ1) is 62.6. The third kappa shape index (κ3) is 12.7. The molecule has 1 aromatic heterocycles. The van der Waals surface area contributed by atoms with Crippen LogP contribution in [0.1, 0.15) is 112 Å². The third-order valence-electron chi connectivity index (χ3n) is 21.4. The molecule has 15 aromatic rings. The molecule has 0 unspecified atom stereocenters. The van der Waals surface area contributed by atoms with E-state index in [9.17, 15) is 2.74 Å². The van der Waals surface area contributed by atoms with E-state index in [1.54, 1.807) is 0 Å². The van der Waals surface area contributed by atoms with Crippen molar-refractivity contribution in [3.8, 4) is 55.6 Å². The zero-order valence-corrected chi connectivity index (χ0v) is 64.9. The maximum absolute atomic E-state index is 9.52. The van der Waals surface area contributed by atoms with E-state index >= 15 is 0 Å². The van der Waals surface area contributed by atoms with Crippen LogP contribution in [0, 0.1) is 0 Å². The van der Waals surface area contributed by atoms with E-state index in [0.29, 0.717) is 5.56 Å². The molecule has 3 heterocycles. The van der Waals surface area contributed by atoms with Gasteiger partial charge in [-0.2, -0.15) is 0 Å². The second-order valence-corrected chi connectivity index (χ2v) is 35.9. The monoisotopic (exact) mass is 1460 g/mol. The van der Waals surface area contributed by atoms with Gasteiger partial charge in [-0.25, -0.2) is 0 Å². The van der Waals surface area contributed by atoms with Gasteiger partial charge in [0.25, 0.3) is 0 Å². The summed E-state index contributed by atoms with van der Waals surface area (Å²) in [6, 6.07) is 104. The molecule has 3 nitrogen and oxygen atoms in total. The van der Waals surface area contributed by atoms with Gasteiger partial charge >= 0.3 is 597 Å². The summed E-state index contributed by atoms with van der Waals surface area (Å²) in [5.74, 6) is 0. The van der Waals surface area contributed by atoms with Crippen LogP contribution in [0.15, 0.2) is 315 Å². The number of hydrogen-bond donors (Lipinski definition) is 0. The van der Waals surface area contributed by atoms with Crippen molar-refractivity contribution in [1.82, 2.24) is 0 Å². The van der Waals surface area contributed by atoms with E-state index in [0.717, 1.165) is 95.7 Å². The summed E-state index contributed by atoms with van der Waals surface area (Å²) in [6.07, 6.45) is 0. The first-order valence-corrected chi connectivity index (χ1v) is 39.5. The third-order valence-corrected chi connectivity index (χ3v) is 25.0. The number of thiophene rings is 1. The quantitative estimate of drug-likeness (QED) is 0.113. The minimum absolute atomic E-state index is 0.0621. The van der Waals surface area contributed by atoms with E-state index in [-0.39, 0.29) is 73.1 Å². The standard InChI is InChI=1S/C100H88BN3SSe/c1-97(2,3)74-38-46-78(47-39-74)102(79-48-40-75(41-49-79)98(4,5)6)82-54-55-85-87(63-82)104(86-56-37-69(65-27-17-13-18-28-65)60-84(86)68-33-23-16-24-34-68)89-61-73(72-58-70(66-29-19-14-20-30-66)57-71(59-72)67-31-21-15-22-32-67)62-91-94(89)101(85)95-92(106-91)64-88(93-83-35-25-26-36-90(83)105-96(93)95)103(80-50-42-76(43-51-80)99(7,8)9)81-52-44-77(45-53-81)100(10,11)12/h13-64H,1-12H3/i14D,19D,20D,29D,30D. The fraction of sp³-hybridized carbons (Fsp3) is 0.160. The van der Waals surface area contributed by atoms with Crippen molar-refractivity contribution >= 4 is 130 Å². The SMILES string of the molecule is [2H]c1c([2H])c([2H])c(-c2cc(-c3ccccc3)cc(-c3cc4c5c(c3)N(c3ccc(-c6ccccc6)cc3-c3ccccc3)c3cc(N(c6ccc(C(C)(C)C)cc6)c6ccc(C(C)(C)C)cc6)ccc3B5c3c(cc(N(c5ccc(C(C)(C)C)cc5)c5ccc(C(C)(C)C)cc5)c5c3sc3ccccc35)[Se]4)c2)c([2H])c1[2H]. The molecule has 106 heavy (non-hydrogen) atoms. The Kier molecular flexibility index (Phi) is 15.8. The number of rotatable bonds is 12. The van der Waals surface area contributed by atoms with Crippen molar-refractivity contribution < 1.29 is 6.85 Å². The van der Waals surface area contributed by atoms with E-state index in [2.05, 4.69) is 359 Å². The van der Waals surface area contributed by atoms with Crippen molar-refractivity contribution in [1.29, 1.82) is 0 Å². The van der Waals surface area contributed by atoms with E-state index in [1.807, 2.05) is 35.6 Å². The fourth-order valence-electron chi connectivity index (χ4n) is 15.7. The normalized spacial score (nSPS) is 13.5. The first-order valence-electron chi connectivity index (χ1n) is 39.5. The molecule has 0 radical (unpaired) electrons. The Labute approximate surface area is 644 Å². The number of fused-ring (bicyclic) bond motifs is 8. The van der Waals surface area contributed by atoms with Gasteiger partial charge in [0.2, 0.25) is 0 Å². The molecule has 0 N–H and O–H groups in total. The maximum atomic E-state index is 9.52. The van der Waals surface area contributed by atoms with Crippen molar-refractivity contribution in [3.63, 3.8) is 0 Å². The topological polar surface area (TPSA) is 9.72 Å². The Morgan fingerprint density at radius 3 is 1.31 bits per heavy atom. The molecular formula is C100H88BN3SSe. The van der Waals surface area contributed by atoms with Crippen LogP contribution in [0.3, 0.4) is 0 Å². The average molecular weight is 1460 g/mol. The van der Waals surface area contributed by atoms with Crippen molar-refractivity contribution in [2.24, 2.45) is 0 Å². The van der Waals surface area contributed by atoms with Gasteiger partial charge in [-0.05, 0) is 10.8 Å².